The Morgan fingerprint density at radius 3 is 2.22 bits per heavy atom. The minimum absolute atomic E-state index is 0.0279. The van der Waals surface area contributed by atoms with Crippen LogP contribution in [0.1, 0.15) is 57.8 Å². The molecule has 5 heteroatoms. The van der Waals surface area contributed by atoms with Crippen LogP contribution >= 0.6 is 11.6 Å². The third-order valence-corrected chi connectivity index (χ3v) is 6.29. The fourth-order valence-electron chi connectivity index (χ4n) is 3.16. The molecule has 0 aromatic rings. The first-order chi connectivity index (χ1) is 8.57. The number of hydrogen-bond donors (Lipinski definition) is 1. The molecule has 2 unspecified atom stereocenters. The van der Waals surface area contributed by atoms with Gasteiger partial charge in [-0.1, -0.05) is 32.1 Å². The molecule has 0 saturated heterocycles. The molecular weight excluding hydrogens is 270 g/mol. The highest BCUT2D eigenvalue weighted by Crippen LogP contribution is 2.26. The molecule has 0 aromatic carbocycles. The summed E-state index contributed by atoms with van der Waals surface area (Å²) in [7, 11) is -3.15. The van der Waals surface area contributed by atoms with Gasteiger partial charge in [-0.2, -0.15) is 0 Å². The second kappa shape index (κ2) is 6.58. The van der Waals surface area contributed by atoms with Crippen LogP contribution in [0.15, 0.2) is 0 Å². The first-order valence-electron chi connectivity index (χ1n) is 7.21. The van der Waals surface area contributed by atoms with Crippen LogP contribution in [0, 0.1) is 5.92 Å². The number of hydrogen-bond acceptors (Lipinski definition) is 2. The number of rotatable bonds is 4. The summed E-state index contributed by atoms with van der Waals surface area (Å²) >= 11 is 6.20. The van der Waals surface area contributed by atoms with Gasteiger partial charge in [0.15, 0.2) is 0 Å². The van der Waals surface area contributed by atoms with Crippen LogP contribution in [0.3, 0.4) is 0 Å². The van der Waals surface area contributed by atoms with Gasteiger partial charge in [0.05, 0.1) is 5.75 Å². The van der Waals surface area contributed by atoms with Crippen molar-refractivity contribution in [3.8, 4) is 0 Å². The van der Waals surface area contributed by atoms with Crippen molar-refractivity contribution in [2.24, 2.45) is 5.92 Å². The predicted octanol–water partition coefficient (Wildman–Crippen LogP) is 3.04. The number of halogens is 1. The molecule has 0 amide bonds. The van der Waals surface area contributed by atoms with Crippen molar-refractivity contribution in [2.75, 3.05) is 5.75 Å². The summed E-state index contributed by atoms with van der Waals surface area (Å²) in [5.41, 5.74) is 0. The molecule has 2 aliphatic rings. The van der Waals surface area contributed by atoms with E-state index < -0.39 is 10.0 Å². The van der Waals surface area contributed by atoms with E-state index in [-0.39, 0.29) is 11.4 Å². The molecule has 2 fully saturated rings. The Morgan fingerprint density at radius 2 is 1.56 bits per heavy atom. The van der Waals surface area contributed by atoms with Crippen molar-refractivity contribution in [1.29, 1.82) is 0 Å². The van der Waals surface area contributed by atoms with Gasteiger partial charge in [0.2, 0.25) is 10.0 Å². The number of sulfonamides is 1. The maximum Gasteiger partial charge on any atom is 0.212 e. The summed E-state index contributed by atoms with van der Waals surface area (Å²) in [5, 5.41) is -0.0279. The lowest BCUT2D eigenvalue weighted by Gasteiger charge is -2.29. The van der Waals surface area contributed by atoms with Crippen molar-refractivity contribution in [1.82, 2.24) is 4.72 Å². The molecule has 18 heavy (non-hydrogen) atoms. The number of alkyl halides is 1. The maximum atomic E-state index is 12.1. The third-order valence-electron chi connectivity index (χ3n) is 4.19. The van der Waals surface area contributed by atoms with E-state index in [9.17, 15) is 8.42 Å². The van der Waals surface area contributed by atoms with Gasteiger partial charge in [0.1, 0.15) is 0 Å². The van der Waals surface area contributed by atoms with E-state index >= 15 is 0 Å². The van der Waals surface area contributed by atoms with Crippen LogP contribution < -0.4 is 4.72 Å². The molecule has 0 aromatic heterocycles. The number of nitrogens with one attached hydrogen (secondary N) is 1. The molecule has 1 N–H and O–H groups in total. The summed E-state index contributed by atoms with van der Waals surface area (Å²) in [6, 6.07) is -0.0472. The Labute approximate surface area is 116 Å². The molecule has 0 bridgehead atoms. The van der Waals surface area contributed by atoms with E-state index in [2.05, 4.69) is 4.72 Å². The average molecular weight is 294 g/mol. The Balaban J connectivity index is 1.85. The van der Waals surface area contributed by atoms with Gasteiger partial charge in [-0.05, 0) is 31.6 Å². The van der Waals surface area contributed by atoms with Crippen molar-refractivity contribution < 1.29 is 8.42 Å². The van der Waals surface area contributed by atoms with E-state index in [1.807, 2.05) is 0 Å². The summed E-state index contributed by atoms with van der Waals surface area (Å²) in [4.78, 5) is 0. The maximum absolute atomic E-state index is 12.1. The Bertz CT molecular complexity index is 352. The second-order valence-electron chi connectivity index (χ2n) is 5.81. The van der Waals surface area contributed by atoms with E-state index in [0.29, 0.717) is 11.7 Å². The Hall–Kier alpha value is 0.200. The Morgan fingerprint density at radius 1 is 0.944 bits per heavy atom. The van der Waals surface area contributed by atoms with E-state index in [1.165, 1.54) is 19.3 Å². The highest BCUT2D eigenvalue weighted by Gasteiger charge is 2.29. The highest BCUT2D eigenvalue weighted by atomic mass is 35.5. The molecule has 0 radical (unpaired) electrons. The third kappa shape index (κ3) is 4.39. The zero-order valence-electron chi connectivity index (χ0n) is 10.9. The van der Waals surface area contributed by atoms with E-state index in [0.717, 1.165) is 38.5 Å². The zero-order chi connectivity index (χ0) is 13.0. The van der Waals surface area contributed by atoms with Crippen LogP contribution in [-0.4, -0.2) is 25.6 Å². The molecule has 0 spiro atoms. The van der Waals surface area contributed by atoms with E-state index in [1.54, 1.807) is 0 Å². The van der Waals surface area contributed by atoms with Gasteiger partial charge < -0.3 is 0 Å². The van der Waals surface area contributed by atoms with Crippen LogP contribution in [0.2, 0.25) is 0 Å². The molecule has 3 nitrogen and oxygen atoms in total. The van der Waals surface area contributed by atoms with Gasteiger partial charge in [0.25, 0.3) is 0 Å². The second-order valence-corrected chi connectivity index (χ2v) is 8.17. The monoisotopic (exact) mass is 293 g/mol. The van der Waals surface area contributed by atoms with Crippen LogP contribution in [0.4, 0.5) is 0 Å². The first-order valence-corrected chi connectivity index (χ1v) is 9.30. The summed E-state index contributed by atoms with van der Waals surface area (Å²) in [6.45, 7) is 0. The van der Waals surface area contributed by atoms with Crippen LogP contribution in [0.25, 0.3) is 0 Å². The first kappa shape index (κ1) is 14.6. The molecule has 2 atom stereocenters. The minimum Gasteiger partial charge on any atom is -0.212 e. The minimum atomic E-state index is -3.15. The van der Waals surface area contributed by atoms with Gasteiger partial charge in [-0.3, -0.25) is 0 Å². The molecule has 2 saturated carbocycles. The average Bonchev–Trinajstić information content (AvgIpc) is 2.32. The summed E-state index contributed by atoms with van der Waals surface area (Å²) in [5.74, 6) is 0.654. The van der Waals surface area contributed by atoms with Crippen LogP contribution in [-0.2, 0) is 10.0 Å². The highest BCUT2D eigenvalue weighted by molar-refractivity contribution is 7.89. The topological polar surface area (TPSA) is 46.2 Å². The van der Waals surface area contributed by atoms with E-state index in [4.69, 9.17) is 11.6 Å². The van der Waals surface area contributed by atoms with Gasteiger partial charge in [-0.25, -0.2) is 13.1 Å². The SMILES string of the molecule is O=S(=O)(CC1CCCCC1)NC1CCCCC1Cl. The summed E-state index contributed by atoms with van der Waals surface area (Å²) in [6.07, 6.45) is 9.77. The Kier molecular flexibility index (Phi) is 5.34. The van der Waals surface area contributed by atoms with Gasteiger partial charge in [0, 0.05) is 11.4 Å². The van der Waals surface area contributed by atoms with Crippen LogP contribution in [0.5, 0.6) is 0 Å². The lowest BCUT2D eigenvalue weighted by atomic mass is 9.91. The normalized spacial score (nSPS) is 31.4. The van der Waals surface area contributed by atoms with Gasteiger partial charge >= 0.3 is 0 Å². The van der Waals surface area contributed by atoms with Gasteiger partial charge in [-0.15, -0.1) is 11.6 Å². The quantitative estimate of drug-likeness (QED) is 0.810. The molecule has 106 valence electrons. The predicted molar refractivity (Wildman–Crippen MR) is 75.4 cm³/mol. The molecular formula is C13H24ClNO2S. The zero-order valence-corrected chi connectivity index (χ0v) is 12.5. The molecule has 2 rings (SSSR count). The lowest BCUT2D eigenvalue weighted by Crippen LogP contribution is -2.44. The van der Waals surface area contributed by atoms with Crippen molar-refractivity contribution in [3.05, 3.63) is 0 Å². The molecule has 2 aliphatic carbocycles. The lowest BCUT2D eigenvalue weighted by molar-refractivity contribution is 0.378. The summed E-state index contributed by atoms with van der Waals surface area (Å²) < 4.78 is 27.1. The smallest absolute Gasteiger partial charge is 0.212 e. The fraction of sp³-hybridized carbons (Fsp3) is 1.00. The largest absolute Gasteiger partial charge is 0.212 e. The van der Waals surface area contributed by atoms with Crippen molar-refractivity contribution >= 4 is 21.6 Å². The fourth-order valence-corrected chi connectivity index (χ4v) is 5.37. The standard InChI is InChI=1S/C13H24ClNO2S/c14-12-8-4-5-9-13(12)15-18(16,17)10-11-6-2-1-3-7-11/h11-13,15H,1-10H2. The van der Waals surface area contributed by atoms with Crippen molar-refractivity contribution in [3.63, 3.8) is 0 Å². The molecule has 0 heterocycles. The molecule has 0 aliphatic heterocycles. The van der Waals surface area contributed by atoms with Crippen molar-refractivity contribution in [2.45, 2.75) is 69.2 Å².